The van der Waals surface area contributed by atoms with Gasteiger partial charge in [0.1, 0.15) is 5.82 Å². The Morgan fingerprint density at radius 2 is 1.69 bits per heavy atom. The second kappa shape index (κ2) is 7.23. The van der Waals surface area contributed by atoms with E-state index in [0.29, 0.717) is 5.82 Å². The fraction of sp³-hybridized carbons (Fsp3) is 0.150. The molecule has 0 aliphatic carbocycles. The molecule has 6 nitrogen and oxygen atoms in total. The van der Waals surface area contributed by atoms with E-state index in [1.54, 1.807) is 18.3 Å². The third-order valence-electron chi connectivity index (χ3n) is 3.96. The lowest BCUT2D eigenvalue weighted by molar-refractivity contribution is -0.385. The van der Waals surface area contributed by atoms with E-state index in [-0.39, 0.29) is 11.4 Å². The molecule has 3 rings (SSSR count). The predicted octanol–water partition coefficient (Wildman–Crippen LogP) is 5.03. The van der Waals surface area contributed by atoms with Gasteiger partial charge in [-0.25, -0.2) is 4.98 Å². The van der Waals surface area contributed by atoms with Crippen LogP contribution in [0.2, 0.25) is 0 Å². The topological polar surface area (TPSA) is 77.3 Å². The van der Waals surface area contributed by atoms with Crippen LogP contribution >= 0.6 is 0 Å². The number of nitro groups is 1. The molecule has 0 saturated carbocycles. The van der Waals surface area contributed by atoms with E-state index in [2.05, 4.69) is 16.4 Å². The minimum atomic E-state index is -0.446. The van der Waals surface area contributed by atoms with Gasteiger partial charge in [-0.2, -0.15) is 0 Å². The van der Waals surface area contributed by atoms with Crippen molar-refractivity contribution in [3.05, 3.63) is 76.0 Å². The highest BCUT2D eigenvalue weighted by atomic mass is 16.6. The number of pyridine rings is 1. The third kappa shape index (κ3) is 3.80. The number of ether oxygens (including phenoxy) is 1. The third-order valence-corrected chi connectivity index (χ3v) is 3.96. The van der Waals surface area contributed by atoms with E-state index in [9.17, 15) is 10.1 Å². The molecule has 0 aliphatic heterocycles. The number of nitrogens with zero attached hydrogens (tertiary/aromatic N) is 2. The molecule has 0 fully saturated rings. The van der Waals surface area contributed by atoms with Crippen LogP contribution in [0.25, 0.3) is 11.1 Å². The summed E-state index contributed by atoms with van der Waals surface area (Å²) in [6, 6.07) is 14.8. The van der Waals surface area contributed by atoms with Gasteiger partial charge in [0.05, 0.1) is 12.0 Å². The summed E-state index contributed by atoms with van der Waals surface area (Å²) in [6.07, 6.45) is 1.68. The van der Waals surface area contributed by atoms with Gasteiger partial charge in [-0.05, 0) is 66.4 Å². The van der Waals surface area contributed by atoms with Crippen molar-refractivity contribution in [3.8, 4) is 16.9 Å². The lowest BCUT2D eigenvalue weighted by Crippen LogP contribution is -1.96. The molecule has 1 N–H and O–H groups in total. The van der Waals surface area contributed by atoms with Crippen LogP contribution in [0.4, 0.5) is 17.2 Å². The largest absolute Gasteiger partial charge is 0.490 e. The van der Waals surface area contributed by atoms with Crippen molar-refractivity contribution >= 4 is 17.2 Å². The normalized spacial score (nSPS) is 10.4. The van der Waals surface area contributed by atoms with E-state index in [4.69, 9.17) is 4.74 Å². The average Bonchev–Trinajstić information content (AvgIpc) is 2.60. The molecule has 0 spiro atoms. The Bertz CT molecular complexity index is 950. The first-order valence-corrected chi connectivity index (χ1v) is 8.10. The number of hydrogen-bond donors (Lipinski definition) is 1. The van der Waals surface area contributed by atoms with Crippen LogP contribution in [0, 0.1) is 24.0 Å². The maximum absolute atomic E-state index is 11.2. The van der Waals surface area contributed by atoms with Crippen molar-refractivity contribution in [1.29, 1.82) is 0 Å². The average molecular weight is 349 g/mol. The highest BCUT2D eigenvalue weighted by Gasteiger charge is 2.16. The second-order valence-electron chi connectivity index (χ2n) is 6.07. The van der Waals surface area contributed by atoms with Gasteiger partial charge >= 0.3 is 5.69 Å². The Labute approximate surface area is 151 Å². The van der Waals surface area contributed by atoms with Gasteiger partial charge in [0.2, 0.25) is 0 Å². The van der Waals surface area contributed by atoms with Crippen LogP contribution in [0.1, 0.15) is 11.1 Å². The Hall–Kier alpha value is -3.41. The van der Waals surface area contributed by atoms with Gasteiger partial charge in [-0.1, -0.05) is 12.1 Å². The van der Waals surface area contributed by atoms with E-state index < -0.39 is 4.92 Å². The SMILES string of the molecule is COc1ccc(-c2ccnc(Nc3cc(C)cc(C)c3)c2)cc1[N+](=O)[O-]. The number of aryl methyl sites for hydroxylation is 2. The number of hydrogen-bond acceptors (Lipinski definition) is 5. The number of nitro benzene ring substituents is 1. The second-order valence-corrected chi connectivity index (χ2v) is 6.07. The minimum Gasteiger partial charge on any atom is -0.490 e. The Kier molecular flexibility index (Phi) is 4.84. The quantitative estimate of drug-likeness (QED) is 0.516. The number of anilines is 2. The minimum absolute atomic E-state index is 0.0642. The van der Waals surface area contributed by atoms with Crippen molar-refractivity contribution in [2.75, 3.05) is 12.4 Å². The molecular formula is C20H19N3O3. The summed E-state index contributed by atoms with van der Waals surface area (Å²) in [5.41, 5.74) is 4.77. The highest BCUT2D eigenvalue weighted by Crippen LogP contribution is 2.33. The van der Waals surface area contributed by atoms with Crippen LogP contribution < -0.4 is 10.1 Å². The Morgan fingerprint density at radius 1 is 1.00 bits per heavy atom. The maximum Gasteiger partial charge on any atom is 0.311 e. The zero-order chi connectivity index (χ0) is 18.7. The van der Waals surface area contributed by atoms with Gasteiger partial charge in [0, 0.05) is 18.0 Å². The summed E-state index contributed by atoms with van der Waals surface area (Å²) in [5.74, 6) is 0.910. The van der Waals surface area contributed by atoms with Crippen LogP contribution in [0.15, 0.2) is 54.7 Å². The number of methoxy groups -OCH3 is 1. The first kappa shape index (κ1) is 17.4. The summed E-state index contributed by atoms with van der Waals surface area (Å²) in [5, 5.41) is 14.5. The van der Waals surface area contributed by atoms with E-state index in [1.165, 1.54) is 13.2 Å². The fourth-order valence-electron chi connectivity index (χ4n) is 2.89. The Balaban J connectivity index is 1.94. The van der Waals surface area contributed by atoms with Crippen LogP contribution in [-0.4, -0.2) is 17.0 Å². The summed E-state index contributed by atoms with van der Waals surface area (Å²) in [7, 11) is 1.42. The van der Waals surface area contributed by atoms with Gasteiger partial charge in [-0.15, -0.1) is 0 Å². The molecule has 0 unspecified atom stereocenters. The van der Waals surface area contributed by atoms with E-state index >= 15 is 0 Å². The molecule has 0 amide bonds. The molecule has 3 aromatic rings. The van der Waals surface area contributed by atoms with Crippen molar-refractivity contribution in [3.63, 3.8) is 0 Å². The van der Waals surface area contributed by atoms with Crippen molar-refractivity contribution in [2.24, 2.45) is 0 Å². The smallest absolute Gasteiger partial charge is 0.311 e. The maximum atomic E-state index is 11.2. The predicted molar refractivity (Wildman–Crippen MR) is 102 cm³/mol. The van der Waals surface area contributed by atoms with Gasteiger partial charge < -0.3 is 10.1 Å². The molecule has 1 aromatic heterocycles. The molecule has 0 saturated heterocycles. The highest BCUT2D eigenvalue weighted by molar-refractivity contribution is 5.72. The van der Waals surface area contributed by atoms with Crippen LogP contribution in [0.5, 0.6) is 5.75 Å². The van der Waals surface area contributed by atoms with Crippen LogP contribution in [0.3, 0.4) is 0 Å². The molecule has 0 atom stereocenters. The molecule has 0 aliphatic rings. The monoisotopic (exact) mass is 349 g/mol. The number of benzene rings is 2. The van der Waals surface area contributed by atoms with Gasteiger partial charge in [0.25, 0.3) is 0 Å². The number of aromatic nitrogens is 1. The lowest BCUT2D eigenvalue weighted by Gasteiger charge is -2.10. The summed E-state index contributed by atoms with van der Waals surface area (Å²) in [4.78, 5) is 15.1. The van der Waals surface area contributed by atoms with Crippen molar-refractivity contribution in [2.45, 2.75) is 13.8 Å². The van der Waals surface area contributed by atoms with E-state index in [0.717, 1.165) is 27.9 Å². The number of rotatable bonds is 5. The van der Waals surface area contributed by atoms with Crippen molar-refractivity contribution < 1.29 is 9.66 Å². The molecule has 6 heteroatoms. The first-order chi connectivity index (χ1) is 12.5. The Morgan fingerprint density at radius 3 is 2.35 bits per heavy atom. The van der Waals surface area contributed by atoms with Gasteiger partial charge in [-0.3, -0.25) is 10.1 Å². The fourth-order valence-corrected chi connectivity index (χ4v) is 2.89. The summed E-state index contributed by atoms with van der Waals surface area (Å²) in [6.45, 7) is 4.08. The molecule has 26 heavy (non-hydrogen) atoms. The number of nitrogens with one attached hydrogen (secondary N) is 1. The van der Waals surface area contributed by atoms with Crippen molar-refractivity contribution in [1.82, 2.24) is 4.98 Å². The molecule has 132 valence electrons. The molecule has 1 heterocycles. The molecule has 0 bridgehead atoms. The van der Waals surface area contributed by atoms with E-state index in [1.807, 2.05) is 38.1 Å². The first-order valence-electron chi connectivity index (χ1n) is 8.10. The summed E-state index contributed by atoms with van der Waals surface area (Å²) >= 11 is 0. The molecule has 2 aromatic carbocycles. The zero-order valence-electron chi connectivity index (χ0n) is 14.8. The molecular weight excluding hydrogens is 330 g/mol. The van der Waals surface area contributed by atoms with Gasteiger partial charge in [0.15, 0.2) is 5.75 Å². The molecule has 0 radical (unpaired) electrons. The summed E-state index contributed by atoms with van der Waals surface area (Å²) < 4.78 is 5.06. The lowest BCUT2D eigenvalue weighted by atomic mass is 10.1. The standard InChI is InChI=1S/C20H19N3O3/c1-13-8-14(2)10-17(9-13)22-20-12-16(6-7-21-20)15-4-5-19(26-3)18(11-15)23(24)25/h4-12H,1-3H3,(H,21,22). The zero-order valence-corrected chi connectivity index (χ0v) is 14.8. The van der Waals surface area contributed by atoms with Crippen LogP contribution in [-0.2, 0) is 0 Å².